The molecule has 1 aromatic heterocycles. The van der Waals surface area contributed by atoms with Gasteiger partial charge in [-0.2, -0.15) is 0 Å². The van der Waals surface area contributed by atoms with Gasteiger partial charge in [0.1, 0.15) is 0 Å². The fraction of sp³-hybridized carbons (Fsp3) is 0.333. The number of aryl methyl sites for hydroxylation is 1. The van der Waals surface area contributed by atoms with Crippen LogP contribution < -0.4 is 10.6 Å². The Morgan fingerprint density at radius 1 is 1.43 bits per heavy atom. The van der Waals surface area contributed by atoms with Gasteiger partial charge >= 0.3 is 0 Å². The molecule has 0 amide bonds. The maximum atomic E-state index is 10.8. The molecule has 0 bridgehead atoms. The van der Waals surface area contributed by atoms with Gasteiger partial charge in [-0.15, -0.1) is 11.3 Å². The van der Waals surface area contributed by atoms with Crippen molar-refractivity contribution in [1.82, 2.24) is 15.6 Å². The second kappa shape index (κ2) is 8.23. The number of hydrogen-bond donors (Lipinski definition) is 2. The minimum atomic E-state index is -0.396. The highest BCUT2D eigenvalue weighted by Crippen LogP contribution is 2.13. The van der Waals surface area contributed by atoms with Crippen LogP contribution in [0.25, 0.3) is 0 Å². The quantitative estimate of drug-likeness (QED) is 0.366. The number of non-ortho nitro benzene ring substituents is 1. The van der Waals surface area contributed by atoms with Crippen molar-refractivity contribution in [3.8, 4) is 0 Å². The first-order chi connectivity index (χ1) is 11.1. The number of nitrogens with zero attached hydrogens (tertiary/aromatic N) is 3. The van der Waals surface area contributed by atoms with E-state index < -0.39 is 4.92 Å². The van der Waals surface area contributed by atoms with Crippen molar-refractivity contribution in [1.29, 1.82) is 0 Å². The van der Waals surface area contributed by atoms with E-state index in [2.05, 4.69) is 20.6 Å². The zero-order valence-corrected chi connectivity index (χ0v) is 13.9. The zero-order chi connectivity index (χ0) is 16.7. The highest BCUT2D eigenvalue weighted by Gasteiger charge is 2.06. The van der Waals surface area contributed by atoms with E-state index in [1.807, 2.05) is 19.2 Å². The first-order valence-electron chi connectivity index (χ1n) is 7.17. The third-order valence-electron chi connectivity index (χ3n) is 3.11. The van der Waals surface area contributed by atoms with E-state index >= 15 is 0 Å². The van der Waals surface area contributed by atoms with E-state index in [9.17, 15) is 10.1 Å². The summed E-state index contributed by atoms with van der Waals surface area (Å²) in [4.78, 5) is 20.0. The maximum Gasteiger partial charge on any atom is 0.269 e. The number of nitrogens with one attached hydrogen (secondary N) is 2. The first-order valence-corrected chi connectivity index (χ1v) is 7.99. The van der Waals surface area contributed by atoms with Crippen molar-refractivity contribution in [3.63, 3.8) is 0 Å². The molecule has 0 aliphatic carbocycles. The largest absolute Gasteiger partial charge is 0.356 e. The van der Waals surface area contributed by atoms with Gasteiger partial charge in [0.2, 0.25) is 0 Å². The van der Waals surface area contributed by atoms with Crippen LogP contribution in [0.15, 0.2) is 35.5 Å². The summed E-state index contributed by atoms with van der Waals surface area (Å²) in [5.41, 5.74) is 0.920. The molecular formula is C15H19N5O2S. The van der Waals surface area contributed by atoms with Crippen molar-refractivity contribution in [3.05, 3.63) is 56.0 Å². The third kappa shape index (κ3) is 5.33. The van der Waals surface area contributed by atoms with Crippen LogP contribution >= 0.6 is 11.3 Å². The Morgan fingerprint density at radius 3 is 2.91 bits per heavy atom. The molecule has 0 aliphatic rings. The molecule has 0 spiro atoms. The van der Waals surface area contributed by atoms with Gasteiger partial charge in [-0.25, -0.2) is 4.98 Å². The van der Waals surface area contributed by atoms with Gasteiger partial charge in [0.15, 0.2) is 5.96 Å². The second-order valence-corrected chi connectivity index (χ2v) is 6.21. The first kappa shape index (κ1) is 16.9. The minimum Gasteiger partial charge on any atom is -0.356 e. The topological polar surface area (TPSA) is 92.5 Å². The highest BCUT2D eigenvalue weighted by atomic mass is 32.1. The summed E-state index contributed by atoms with van der Waals surface area (Å²) in [5.74, 6) is 0.657. The van der Waals surface area contributed by atoms with Crippen molar-refractivity contribution < 1.29 is 4.92 Å². The molecule has 0 radical (unpaired) electrons. The Kier molecular flexibility index (Phi) is 6.04. The van der Waals surface area contributed by atoms with Gasteiger partial charge in [-0.3, -0.25) is 15.1 Å². The zero-order valence-electron chi connectivity index (χ0n) is 13.1. The summed E-state index contributed by atoms with van der Waals surface area (Å²) >= 11 is 1.69. The summed E-state index contributed by atoms with van der Waals surface area (Å²) in [6.45, 7) is 3.23. The number of nitro groups is 1. The predicted molar refractivity (Wildman–Crippen MR) is 91.9 cm³/mol. The maximum absolute atomic E-state index is 10.8. The molecule has 1 aromatic carbocycles. The Hall–Kier alpha value is -2.48. The Labute approximate surface area is 138 Å². The monoisotopic (exact) mass is 333 g/mol. The number of benzene rings is 1. The van der Waals surface area contributed by atoms with Gasteiger partial charge in [-0.1, -0.05) is 12.1 Å². The molecule has 2 aromatic rings. The molecule has 7 nitrogen and oxygen atoms in total. The van der Waals surface area contributed by atoms with Crippen LogP contribution in [0.5, 0.6) is 0 Å². The molecule has 0 unspecified atom stereocenters. The van der Waals surface area contributed by atoms with Gasteiger partial charge in [0.05, 0.1) is 9.93 Å². The van der Waals surface area contributed by atoms with Crippen molar-refractivity contribution >= 4 is 23.0 Å². The Balaban J connectivity index is 1.80. The summed E-state index contributed by atoms with van der Waals surface area (Å²) in [6.07, 6.45) is 2.70. The molecular weight excluding hydrogens is 314 g/mol. The summed E-state index contributed by atoms with van der Waals surface area (Å²) in [6, 6.07) is 6.55. The van der Waals surface area contributed by atoms with Crippen LogP contribution in [0.2, 0.25) is 0 Å². The Bertz CT molecular complexity index is 699. The third-order valence-corrected chi connectivity index (χ3v) is 4.08. The average molecular weight is 333 g/mol. The highest BCUT2D eigenvalue weighted by molar-refractivity contribution is 7.11. The van der Waals surface area contributed by atoms with Crippen LogP contribution in [-0.4, -0.2) is 29.5 Å². The number of aromatic nitrogens is 1. The lowest BCUT2D eigenvalue weighted by atomic mass is 10.2. The molecule has 2 rings (SSSR count). The lowest BCUT2D eigenvalue weighted by molar-refractivity contribution is -0.384. The number of aliphatic imine (C=N–C) groups is 1. The van der Waals surface area contributed by atoms with Crippen molar-refractivity contribution in [2.45, 2.75) is 19.9 Å². The standard InChI is InChI=1S/C15H19N5O2S/c1-11-9-18-14(23-11)6-7-17-15(16-2)19-10-12-4-3-5-13(8-12)20(21)22/h3-5,8-9H,6-7,10H2,1-2H3,(H2,16,17,19). The van der Waals surface area contributed by atoms with Crippen LogP contribution in [0, 0.1) is 17.0 Å². The number of rotatable bonds is 6. The van der Waals surface area contributed by atoms with Crippen LogP contribution in [-0.2, 0) is 13.0 Å². The van der Waals surface area contributed by atoms with E-state index in [1.165, 1.54) is 10.9 Å². The summed E-state index contributed by atoms with van der Waals surface area (Å²) < 4.78 is 0. The SMILES string of the molecule is CN=C(NCCc1ncc(C)s1)NCc1cccc([N+](=O)[O-])c1. The molecule has 0 atom stereocenters. The van der Waals surface area contributed by atoms with Crippen molar-refractivity contribution in [2.75, 3.05) is 13.6 Å². The van der Waals surface area contributed by atoms with E-state index in [0.29, 0.717) is 12.5 Å². The molecule has 2 N–H and O–H groups in total. The minimum absolute atomic E-state index is 0.0892. The molecule has 8 heteroatoms. The van der Waals surface area contributed by atoms with Gasteiger partial charge in [0, 0.05) is 49.8 Å². The number of hydrogen-bond acceptors (Lipinski definition) is 5. The Morgan fingerprint density at radius 2 is 2.26 bits per heavy atom. The fourth-order valence-electron chi connectivity index (χ4n) is 1.99. The van der Waals surface area contributed by atoms with Crippen molar-refractivity contribution in [2.24, 2.45) is 4.99 Å². The van der Waals surface area contributed by atoms with E-state index in [0.717, 1.165) is 23.5 Å². The number of thiazole rings is 1. The predicted octanol–water partition coefficient (Wildman–Crippen LogP) is 2.27. The normalized spacial score (nSPS) is 11.3. The summed E-state index contributed by atoms with van der Waals surface area (Å²) in [5, 5.41) is 18.2. The molecule has 23 heavy (non-hydrogen) atoms. The number of guanidine groups is 1. The molecule has 0 aliphatic heterocycles. The molecule has 0 saturated heterocycles. The molecule has 122 valence electrons. The molecule has 1 heterocycles. The average Bonchev–Trinajstić information content (AvgIpc) is 2.96. The van der Waals surface area contributed by atoms with Gasteiger partial charge in [-0.05, 0) is 12.5 Å². The number of nitro benzene ring substituents is 1. The van der Waals surface area contributed by atoms with Crippen LogP contribution in [0.4, 0.5) is 5.69 Å². The fourth-order valence-corrected chi connectivity index (χ4v) is 2.78. The van der Waals surface area contributed by atoms with E-state index in [-0.39, 0.29) is 5.69 Å². The molecule has 0 saturated carbocycles. The smallest absolute Gasteiger partial charge is 0.269 e. The van der Waals surface area contributed by atoms with E-state index in [1.54, 1.807) is 30.5 Å². The lowest BCUT2D eigenvalue weighted by Gasteiger charge is -2.11. The van der Waals surface area contributed by atoms with Crippen LogP contribution in [0.3, 0.4) is 0 Å². The molecule has 0 fully saturated rings. The summed E-state index contributed by atoms with van der Waals surface area (Å²) in [7, 11) is 1.69. The van der Waals surface area contributed by atoms with Gasteiger partial charge < -0.3 is 10.6 Å². The van der Waals surface area contributed by atoms with E-state index in [4.69, 9.17) is 0 Å². The van der Waals surface area contributed by atoms with Gasteiger partial charge in [0.25, 0.3) is 5.69 Å². The second-order valence-electron chi connectivity index (χ2n) is 4.89. The lowest BCUT2D eigenvalue weighted by Crippen LogP contribution is -2.37. The van der Waals surface area contributed by atoms with Crippen LogP contribution in [0.1, 0.15) is 15.4 Å².